The maximum Gasteiger partial charge on any atom is 0.410 e. The van der Waals surface area contributed by atoms with Gasteiger partial charge in [0.05, 0.1) is 5.75 Å². The molecule has 1 aliphatic rings. The summed E-state index contributed by atoms with van der Waals surface area (Å²) >= 11 is 0. The Kier molecular flexibility index (Phi) is 5.51. The zero-order valence-electron chi connectivity index (χ0n) is 15.3. The van der Waals surface area contributed by atoms with Crippen LogP contribution in [0.4, 0.5) is 16.2 Å². The van der Waals surface area contributed by atoms with E-state index in [1.807, 2.05) is 26.8 Å². The number of amides is 1. The largest absolute Gasteiger partial charge is 0.444 e. The number of piperazine rings is 1. The Bertz CT molecular complexity index is 733. The van der Waals surface area contributed by atoms with E-state index in [1.165, 1.54) is 6.26 Å². The van der Waals surface area contributed by atoms with E-state index in [-0.39, 0.29) is 11.8 Å². The van der Waals surface area contributed by atoms with Crippen LogP contribution in [0.25, 0.3) is 0 Å². The summed E-state index contributed by atoms with van der Waals surface area (Å²) in [4.78, 5) is 15.9. The molecule has 1 amide bonds. The SMILES string of the molecule is CC(C)(C)OC(=O)N1CCN(c2ccc(N)cc2CS(C)(=O)=O)CC1. The van der Waals surface area contributed by atoms with Gasteiger partial charge in [0.2, 0.25) is 0 Å². The van der Waals surface area contributed by atoms with E-state index in [0.717, 1.165) is 5.69 Å². The number of ether oxygens (including phenoxy) is 1. The molecule has 1 fully saturated rings. The third-order valence-corrected chi connectivity index (χ3v) is 4.63. The van der Waals surface area contributed by atoms with Gasteiger partial charge in [0.25, 0.3) is 0 Å². The lowest BCUT2D eigenvalue weighted by atomic mass is 10.1. The maximum atomic E-state index is 12.1. The summed E-state index contributed by atoms with van der Waals surface area (Å²) in [6.45, 7) is 7.79. The fourth-order valence-corrected chi connectivity index (χ4v) is 3.56. The Balaban J connectivity index is 2.09. The number of rotatable bonds is 3. The summed E-state index contributed by atoms with van der Waals surface area (Å²) < 4.78 is 28.8. The molecule has 1 heterocycles. The molecule has 0 atom stereocenters. The van der Waals surface area contributed by atoms with Gasteiger partial charge in [-0.25, -0.2) is 13.2 Å². The molecule has 0 aromatic heterocycles. The van der Waals surface area contributed by atoms with Crippen LogP contribution < -0.4 is 10.6 Å². The van der Waals surface area contributed by atoms with Crippen LogP contribution in [0.2, 0.25) is 0 Å². The van der Waals surface area contributed by atoms with Crippen molar-refractivity contribution in [2.75, 3.05) is 43.1 Å². The van der Waals surface area contributed by atoms with Crippen molar-refractivity contribution in [3.63, 3.8) is 0 Å². The summed E-state index contributed by atoms with van der Waals surface area (Å²) in [5.74, 6) is -0.0559. The molecule has 0 unspecified atom stereocenters. The monoisotopic (exact) mass is 369 g/mol. The van der Waals surface area contributed by atoms with Crippen LogP contribution in [-0.4, -0.2) is 57.4 Å². The first-order chi connectivity index (χ1) is 11.4. The normalized spacial score (nSPS) is 16.0. The highest BCUT2D eigenvalue weighted by Crippen LogP contribution is 2.26. The fourth-order valence-electron chi connectivity index (χ4n) is 2.77. The molecule has 2 N–H and O–H groups in total. The molecule has 1 aliphatic heterocycles. The fraction of sp³-hybridized carbons (Fsp3) is 0.588. The van der Waals surface area contributed by atoms with Gasteiger partial charge < -0.3 is 20.3 Å². The van der Waals surface area contributed by atoms with E-state index in [1.54, 1.807) is 17.0 Å². The van der Waals surface area contributed by atoms with Crippen LogP contribution in [-0.2, 0) is 20.3 Å². The van der Waals surface area contributed by atoms with Crippen LogP contribution in [0.3, 0.4) is 0 Å². The lowest BCUT2D eigenvalue weighted by Crippen LogP contribution is -2.50. The Morgan fingerprint density at radius 2 is 1.80 bits per heavy atom. The van der Waals surface area contributed by atoms with E-state index in [9.17, 15) is 13.2 Å². The smallest absolute Gasteiger partial charge is 0.410 e. The highest BCUT2D eigenvalue weighted by atomic mass is 32.2. The predicted octanol–water partition coefficient (Wildman–Crippen LogP) is 1.87. The van der Waals surface area contributed by atoms with E-state index in [0.29, 0.717) is 37.4 Å². The summed E-state index contributed by atoms with van der Waals surface area (Å²) in [5.41, 5.74) is 7.37. The summed E-state index contributed by atoms with van der Waals surface area (Å²) in [5, 5.41) is 0. The Morgan fingerprint density at radius 3 is 2.32 bits per heavy atom. The standard InChI is InChI=1S/C17H27N3O4S/c1-17(2,3)24-16(21)20-9-7-19(8-10-20)15-6-5-14(18)11-13(15)12-25(4,22)23/h5-6,11H,7-10,12,18H2,1-4H3. The number of nitrogens with zero attached hydrogens (tertiary/aromatic N) is 2. The van der Waals surface area contributed by atoms with Gasteiger partial charge in [-0.1, -0.05) is 0 Å². The van der Waals surface area contributed by atoms with Gasteiger partial charge >= 0.3 is 6.09 Å². The zero-order valence-corrected chi connectivity index (χ0v) is 16.1. The topological polar surface area (TPSA) is 92.9 Å². The molecule has 0 saturated carbocycles. The lowest BCUT2D eigenvalue weighted by Gasteiger charge is -2.37. The van der Waals surface area contributed by atoms with Gasteiger partial charge in [-0.2, -0.15) is 0 Å². The van der Waals surface area contributed by atoms with Gasteiger partial charge in [0, 0.05) is 43.8 Å². The lowest BCUT2D eigenvalue weighted by molar-refractivity contribution is 0.0240. The first-order valence-electron chi connectivity index (χ1n) is 8.24. The second-order valence-corrected chi connectivity index (χ2v) is 9.55. The Morgan fingerprint density at radius 1 is 1.20 bits per heavy atom. The number of sulfone groups is 1. The molecule has 8 heteroatoms. The van der Waals surface area contributed by atoms with E-state index >= 15 is 0 Å². The summed E-state index contributed by atoms with van der Waals surface area (Å²) in [7, 11) is -3.17. The van der Waals surface area contributed by atoms with Crippen molar-refractivity contribution in [1.29, 1.82) is 0 Å². The highest BCUT2D eigenvalue weighted by Gasteiger charge is 2.27. The number of hydrogen-bond donors (Lipinski definition) is 1. The third-order valence-electron chi connectivity index (χ3n) is 3.79. The second-order valence-electron chi connectivity index (χ2n) is 7.41. The number of nitrogen functional groups attached to an aromatic ring is 1. The van der Waals surface area contributed by atoms with Gasteiger partial charge in [0.15, 0.2) is 9.84 Å². The molecular weight excluding hydrogens is 342 g/mol. The Hall–Kier alpha value is -1.96. The van der Waals surface area contributed by atoms with Crippen LogP contribution >= 0.6 is 0 Å². The highest BCUT2D eigenvalue weighted by molar-refractivity contribution is 7.89. The number of nitrogens with two attached hydrogens (primary N) is 1. The molecule has 1 aromatic rings. The van der Waals surface area contributed by atoms with E-state index in [4.69, 9.17) is 10.5 Å². The maximum absolute atomic E-state index is 12.1. The average Bonchev–Trinajstić information content (AvgIpc) is 2.44. The third kappa shape index (κ3) is 5.81. The minimum atomic E-state index is -3.17. The number of carbonyl (C=O) groups is 1. The van der Waals surface area contributed by atoms with E-state index in [2.05, 4.69) is 4.90 Å². The molecule has 140 valence electrons. The van der Waals surface area contributed by atoms with Crippen molar-refractivity contribution in [3.05, 3.63) is 23.8 Å². The minimum absolute atomic E-state index is 0.0559. The van der Waals surface area contributed by atoms with E-state index < -0.39 is 15.4 Å². The quantitative estimate of drug-likeness (QED) is 0.818. The van der Waals surface area contributed by atoms with Crippen LogP contribution in [0.1, 0.15) is 26.3 Å². The first-order valence-corrected chi connectivity index (χ1v) is 10.3. The van der Waals surface area contributed by atoms with Crippen molar-refractivity contribution >= 4 is 27.3 Å². The molecule has 25 heavy (non-hydrogen) atoms. The number of anilines is 2. The molecule has 0 bridgehead atoms. The van der Waals surface area contributed by atoms with Crippen molar-refractivity contribution in [1.82, 2.24) is 4.90 Å². The number of carbonyl (C=O) groups excluding carboxylic acids is 1. The van der Waals surface area contributed by atoms with Crippen LogP contribution in [0.5, 0.6) is 0 Å². The number of benzene rings is 1. The molecule has 0 radical (unpaired) electrons. The molecule has 0 aliphatic carbocycles. The van der Waals surface area contributed by atoms with Crippen molar-refractivity contribution in [3.8, 4) is 0 Å². The zero-order chi connectivity index (χ0) is 18.8. The van der Waals surface area contributed by atoms with Crippen LogP contribution in [0.15, 0.2) is 18.2 Å². The number of hydrogen-bond acceptors (Lipinski definition) is 6. The van der Waals surface area contributed by atoms with Crippen molar-refractivity contribution in [2.45, 2.75) is 32.1 Å². The molecule has 7 nitrogen and oxygen atoms in total. The average molecular weight is 369 g/mol. The van der Waals surface area contributed by atoms with Gasteiger partial charge in [0.1, 0.15) is 5.60 Å². The van der Waals surface area contributed by atoms with Gasteiger partial charge in [-0.15, -0.1) is 0 Å². The van der Waals surface area contributed by atoms with Crippen molar-refractivity contribution < 1.29 is 17.9 Å². The van der Waals surface area contributed by atoms with Crippen molar-refractivity contribution in [2.24, 2.45) is 0 Å². The summed E-state index contributed by atoms with van der Waals surface area (Å²) in [6.07, 6.45) is 0.890. The molecule has 2 rings (SSSR count). The molecule has 0 spiro atoms. The first kappa shape index (κ1) is 19.4. The summed E-state index contributed by atoms with van der Waals surface area (Å²) in [6, 6.07) is 5.32. The minimum Gasteiger partial charge on any atom is -0.444 e. The second kappa shape index (κ2) is 7.11. The van der Waals surface area contributed by atoms with Crippen LogP contribution in [0, 0.1) is 0 Å². The Labute approximate surface area is 149 Å². The molecule has 1 aromatic carbocycles. The molecular formula is C17H27N3O4S. The van der Waals surface area contributed by atoms with Gasteiger partial charge in [-0.3, -0.25) is 0 Å². The molecule has 1 saturated heterocycles. The van der Waals surface area contributed by atoms with Gasteiger partial charge in [-0.05, 0) is 44.5 Å². The predicted molar refractivity (Wildman–Crippen MR) is 99.4 cm³/mol.